The van der Waals surface area contributed by atoms with Gasteiger partial charge < -0.3 is 10.1 Å². The summed E-state index contributed by atoms with van der Waals surface area (Å²) in [5.74, 6) is -0.354. The number of hydrogen-bond donors (Lipinski definition) is 1. The van der Waals surface area contributed by atoms with E-state index in [4.69, 9.17) is 0 Å². The van der Waals surface area contributed by atoms with Crippen LogP contribution in [-0.4, -0.2) is 50.1 Å². The molecule has 94 valence electrons. The Morgan fingerprint density at radius 2 is 2.29 bits per heavy atom. The van der Waals surface area contributed by atoms with E-state index in [9.17, 15) is 4.79 Å². The van der Waals surface area contributed by atoms with E-state index in [1.807, 2.05) is 20.2 Å². The van der Waals surface area contributed by atoms with Gasteiger partial charge in [0.1, 0.15) is 0 Å². The molecule has 0 saturated carbocycles. The lowest BCUT2D eigenvalue weighted by molar-refractivity contribution is 0.0600. The van der Waals surface area contributed by atoms with Gasteiger partial charge >= 0.3 is 5.97 Å². The maximum atomic E-state index is 11.2. The van der Waals surface area contributed by atoms with E-state index in [-0.39, 0.29) is 5.97 Å². The molecule has 0 unspecified atom stereocenters. The molecule has 0 radical (unpaired) electrons. The lowest BCUT2D eigenvalue weighted by atomic mass is 10.2. The molecular formula is C12H19N3O2. The van der Waals surface area contributed by atoms with Crippen molar-refractivity contribution in [3.63, 3.8) is 0 Å². The van der Waals surface area contributed by atoms with Gasteiger partial charge in [-0.25, -0.2) is 4.79 Å². The van der Waals surface area contributed by atoms with Gasteiger partial charge in [0.2, 0.25) is 0 Å². The summed E-state index contributed by atoms with van der Waals surface area (Å²) >= 11 is 0. The van der Waals surface area contributed by atoms with Crippen molar-refractivity contribution in [3.8, 4) is 0 Å². The van der Waals surface area contributed by atoms with Crippen molar-refractivity contribution >= 4 is 5.97 Å². The highest BCUT2D eigenvalue weighted by Gasteiger charge is 2.06. The first kappa shape index (κ1) is 13.6. The number of nitrogens with one attached hydrogen (secondary N) is 1. The second-order valence-corrected chi connectivity index (χ2v) is 3.87. The summed E-state index contributed by atoms with van der Waals surface area (Å²) in [6.07, 6.45) is 1.55. The molecule has 1 rings (SSSR count). The fraction of sp³-hybridized carbons (Fsp3) is 0.500. The zero-order valence-corrected chi connectivity index (χ0v) is 10.6. The van der Waals surface area contributed by atoms with Crippen molar-refractivity contribution < 1.29 is 9.53 Å². The minimum atomic E-state index is -0.354. The van der Waals surface area contributed by atoms with Crippen molar-refractivity contribution in [1.29, 1.82) is 0 Å². The summed E-state index contributed by atoms with van der Waals surface area (Å²) in [4.78, 5) is 17.6. The number of ether oxygens (including phenoxy) is 1. The second kappa shape index (κ2) is 6.98. The van der Waals surface area contributed by atoms with Gasteiger partial charge in [0.05, 0.1) is 18.4 Å². The number of carbonyl (C=O) groups is 1. The maximum absolute atomic E-state index is 11.2. The predicted octanol–water partition coefficient (Wildman–Crippen LogP) is 0.519. The van der Waals surface area contributed by atoms with Crippen molar-refractivity contribution in [2.24, 2.45) is 0 Å². The molecule has 17 heavy (non-hydrogen) atoms. The van der Waals surface area contributed by atoms with Crippen molar-refractivity contribution in [2.45, 2.75) is 6.54 Å². The number of nitrogens with zero attached hydrogens (tertiary/aromatic N) is 2. The number of hydrogen-bond acceptors (Lipinski definition) is 5. The zero-order chi connectivity index (χ0) is 12.7. The third kappa shape index (κ3) is 4.50. The predicted molar refractivity (Wildman–Crippen MR) is 65.8 cm³/mol. The van der Waals surface area contributed by atoms with Gasteiger partial charge in [-0.3, -0.25) is 9.88 Å². The Labute approximate surface area is 102 Å². The number of rotatable bonds is 6. The minimum Gasteiger partial charge on any atom is -0.465 e. The Balaban J connectivity index is 2.53. The molecule has 0 fully saturated rings. The standard InChI is InChI=1S/C12H19N3O2/c1-13-6-7-15(2)9-11-5-4-10(8-14-11)12(16)17-3/h4-5,8,13H,6-7,9H2,1-3H3. The topological polar surface area (TPSA) is 54.5 Å². The molecule has 0 aliphatic carbocycles. The average Bonchev–Trinajstić information content (AvgIpc) is 2.36. The largest absolute Gasteiger partial charge is 0.465 e. The van der Waals surface area contributed by atoms with E-state index in [1.165, 1.54) is 7.11 Å². The van der Waals surface area contributed by atoms with Crippen molar-refractivity contribution in [2.75, 3.05) is 34.3 Å². The molecule has 0 aliphatic heterocycles. The molecule has 1 aromatic rings. The lowest BCUT2D eigenvalue weighted by Crippen LogP contribution is -2.27. The smallest absolute Gasteiger partial charge is 0.339 e. The molecule has 1 aromatic heterocycles. The normalized spacial score (nSPS) is 10.6. The fourth-order valence-corrected chi connectivity index (χ4v) is 1.41. The number of methoxy groups -OCH3 is 1. The number of aromatic nitrogens is 1. The summed E-state index contributed by atoms with van der Waals surface area (Å²) in [5, 5.41) is 3.09. The van der Waals surface area contributed by atoms with Crippen LogP contribution in [0.5, 0.6) is 0 Å². The lowest BCUT2D eigenvalue weighted by Gasteiger charge is -2.15. The van der Waals surface area contributed by atoms with Gasteiger partial charge in [0.15, 0.2) is 0 Å². The Morgan fingerprint density at radius 1 is 1.53 bits per heavy atom. The summed E-state index contributed by atoms with van der Waals surface area (Å²) in [5.41, 5.74) is 1.42. The first-order chi connectivity index (χ1) is 8.17. The molecule has 5 nitrogen and oxygen atoms in total. The van der Waals surface area contributed by atoms with E-state index >= 15 is 0 Å². The van der Waals surface area contributed by atoms with Crippen LogP contribution >= 0.6 is 0 Å². The summed E-state index contributed by atoms with van der Waals surface area (Å²) < 4.78 is 4.61. The molecule has 0 aliphatic rings. The first-order valence-corrected chi connectivity index (χ1v) is 5.53. The molecule has 5 heteroatoms. The van der Waals surface area contributed by atoms with Crippen LogP contribution in [0.25, 0.3) is 0 Å². The van der Waals surface area contributed by atoms with E-state index in [0.29, 0.717) is 5.56 Å². The monoisotopic (exact) mass is 237 g/mol. The van der Waals surface area contributed by atoms with Gasteiger partial charge in [-0.05, 0) is 26.2 Å². The Morgan fingerprint density at radius 3 is 2.82 bits per heavy atom. The van der Waals surface area contributed by atoms with Gasteiger partial charge in [-0.1, -0.05) is 0 Å². The molecular weight excluding hydrogens is 218 g/mol. The number of carbonyl (C=O) groups excluding carboxylic acids is 1. The van der Waals surface area contributed by atoms with Crippen LogP contribution < -0.4 is 5.32 Å². The van der Waals surface area contributed by atoms with Gasteiger partial charge in [-0.15, -0.1) is 0 Å². The molecule has 1 N–H and O–H groups in total. The maximum Gasteiger partial charge on any atom is 0.339 e. The van der Waals surface area contributed by atoms with E-state index in [2.05, 4.69) is 19.9 Å². The molecule has 1 heterocycles. The molecule has 0 saturated heterocycles. The highest BCUT2D eigenvalue weighted by atomic mass is 16.5. The second-order valence-electron chi connectivity index (χ2n) is 3.87. The minimum absolute atomic E-state index is 0.354. The average molecular weight is 237 g/mol. The number of pyridine rings is 1. The highest BCUT2D eigenvalue weighted by molar-refractivity contribution is 5.88. The summed E-state index contributed by atoms with van der Waals surface area (Å²) in [6.45, 7) is 2.66. The molecule has 0 bridgehead atoms. The van der Waals surface area contributed by atoms with E-state index in [1.54, 1.807) is 12.3 Å². The van der Waals surface area contributed by atoms with Crippen molar-refractivity contribution in [3.05, 3.63) is 29.6 Å². The zero-order valence-electron chi connectivity index (χ0n) is 10.6. The van der Waals surface area contributed by atoms with Crippen LogP contribution in [0, 0.1) is 0 Å². The molecule has 0 atom stereocenters. The SMILES string of the molecule is CNCCN(C)Cc1ccc(C(=O)OC)cn1. The number of likely N-dealkylation sites (N-methyl/N-ethyl adjacent to an activating group) is 2. The first-order valence-electron chi connectivity index (χ1n) is 5.53. The third-order valence-electron chi connectivity index (χ3n) is 2.42. The Hall–Kier alpha value is -1.46. The van der Waals surface area contributed by atoms with E-state index < -0.39 is 0 Å². The Kier molecular flexibility index (Phi) is 5.59. The van der Waals surface area contributed by atoms with Gasteiger partial charge in [0, 0.05) is 25.8 Å². The molecule has 0 amide bonds. The van der Waals surface area contributed by atoms with Crippen LogP contribution in [0.1, 0.15) is 16.1 Å². The fourth-order valence-electron chi connectivity index (χ4n) is 1.41. The van der Waals surface area contributed by atoms with Crippen LogP contribution in [0.15, 0.2) is 18.3 Å². The summed E-state index contributed by atoms with van der Waals surface area (Å²) in [7, 11) is 5.33. The quantitative estimate of drug-likeness (QED) is 0.731. The molecule has 0 spiro atoms. The van der Waals surface area contributed by atoms with Crippen molar-refractivity contribution in [1.82, 2.24) is 15.2 Å². The van der Waals surface area contributed by atoms with Crippen LogP contribution in [0.3, 0.4) is 0 Å². The third-order valence-corrected chi connectivity index (χ3v) is 2.42. The van der Waals surface area contributed by atoms with E-state index in [0.717, 1.165) is 25.3 Å². The number of esters is 1. The molecule has 0 aromatic carbocycles. The van der Waals surface area contributed by atoms with Gasteiger partial charge in [-0.2, -0.15) is 0 Å². The highest BCUT2D eigenvalue weighted by Crippen LogP contribution is 2.04. The van der Waals surface area contributed by atoms with Crippen LogP contribution in [0.2, 0.25) is 0 Å². The Bertz CT molecular complexity index is 351. The summed E-state index contributed by atoms with van der Waals surface area (Å²) in [6, 6.07) is 3.59. The van der Waals surface area contributed by atoms with Crippen LogP contribution in [-0.2, 0) is 11.3 Å². The van der Waals surface area contributed by atoms with Crippen LogP contribution in [0.4, 0.5) is 0 Å². The van der Waals surface area contributed by atoms with Gasteiger partial charge in [0.25, 0.3) is 0 Å².